The Hall–Kier alpha value is -2.83. The fourth-order valence-electron chi connectivity index (χ4n) is 2.98. The molecule has 0 spiro atoms. The predicted molar refractivity (Wildman–Crippen MR) is 102 cm³/mol. The number of hydrogen-bond donors (Lipinski definition) is 2. The number of aromatic amines is 1. The predicted octanol–water partition coefficient (Wildman–Crippen LogP) is 3.27. The molecule has 0 unspecified atom stereocenters. The van der Waals surface area contributed by atoms with Crippen LogP contribution in [0.3, 0.4) is 0 Å². The van der Waals surface area contributed by atoms with E-state index < -0.39 is 5.60 Å². The number of hydrogen-bond acceptors (Lipinski definition) is 4. The van der Waals surface area contributed by atoms with E-state index in [9.17, 15) is 9.59 Å². The Bertz CT molecular complexity index is 808. The number of rotatable bonds is 4. The highest BCUT2D eigenvalue weighted by Gasteiger charge is 2.29. The van der Waals surface area contributed by atoms with Crippen molar-refractivity contribution in [3.63, 3.8) is 0 Å². The highest BCUT2D eigenvalue weighted by Crippen LogP contribution is 2.25. The Morgan fingerprint density at radius 2 is 2.00 bits per heavy atom. The molecule has 0 saturated carbocycles. The van der Waals surface area contributed by atoms with Gasteiger partial charge in [0.1, 0.15) is 5.60 Å². The molecule has 7 heteroatoms. The Labute approximate surface area is 159 Å². The van der Waals surface area contributed by atoms with Crippen molar-refractivity contribution < 1.29 is 14.3 Å². The number of nitrogens with zero attached hydrogens (tertiary/aromatic N) is 2. The number of fused-ring (bicyclic) bond motifs is 1. The molecule has 0 radical (unpaired) electrons. The van der Waals surface area contributed by atoms with Gasteiger partial charge in [-0.3, -0.25) is 9.89 Å². The van der Waals surface area contributed by atoms with Crippen LogP contribution in [0, 0.1) is 0 Å². The fraction of sp³-hybridized carbons (Fsp3) is 0.450. The molecule has 0 saturated heterocycles. The monoisotopic (exact) mass is 370 g/mol. The lowest BCUT2D eigenvalue weighted by Gasteiger charge is -2.30. The third-order valence-corrected chi connectivity index (χ3v) is 4.33. The van der Waals surface area contributed by atoms with E-state index >= 15 is 0 Å². The molecule has 0 atom stereocenters. The lowest BCUT2D eigenvalue weighted by molar-refractivity contribution is -0.116. The lowest BCUT2D eigenvalue weighted by Crippen LogP contribution is -2.40. The smallest absolute Gasteiger partial charge is 0.410 e. The molecular weight excluding hydrogens is 344 g/mol. The molecule has 2 heterocycles. The van der Waals surface area contributed by atoms with E-state index in [0.29, 0.717) is 38.2 Å². The molecule has 2 amide bonds. The molecule has 2 aromatic rings. The zero-order valence-electron chi connectivity index (χ0n) is 16.0. The van der Waals surface area contributed by atoms with E-state index in [2.05, 4.69) is 15.5 Å². The molecule has 1 aliphatic rings. The quantitative estimate of drug-likeness (QED) is 0.865. The van der Waals surface area contributed by atoms with Gasteiger partial charge in [-0.1, -0.05) is 30.3 Å². The number of carbonyl (C=O) groups excluding carboxylic acids is 2. The van der Waals surface area contributed by atoms with Gasteiger partial charge in [0.2, 0.25) is 5.91 Å². The highest BCUT2D eigenvalue weighted by atomic mass is 16.6. The second kappa shape index (κ2) is 7.82. The van der Waals surface area contributed by atoms with Gasteiger partial charge in [0, 0.05) is 30.6 Å². The SMILES string of the molecule is CC(C)(C)OC(=O)N1CCc2[nH]nc(NC(=O)CCc3ccccc3)c2C1. The van der Waals surface area contributed by atoms with Crippen LogP contribution in [-0.4, -0.2) is 39.2 Å². The second-order valence-electron chi connectivity index (χ2n) is 7.71. The summed E-state index contributed by atoms with van der Waals surface area (Å²) in [6.45, 7) is 6.46. The van der Waals surface area contributed by atoms with Crippen molar-refractivity contribution in [3.05, 3.63) is 47.2 Å². The molecule has 1 aliphatic heterocycles. The van der Waals surface area contributed by atoms with E-state index in [0.717, 1.165) is 16.8 Å². The summed E-state index contributed by atoms with van der Waals surface area (Å²) in [4.78, 5) is 26.3. The van der Waals surface area contributed by atoms with Gasteiger partial charge in [-0.25, -0.2) is 4.79 Å². The summed E-state index contributed by atoms with van der Waals surface area (Å²) in [5, 5.41) is 10.1. The van der Waals surface area contributed by atoms with Crippen LogP contribution < -0.4 is 5.32 Å². The zero-order valence-corrected chi connectivity index (χ0v) is 16.0. The maximum atomic E-state index is 12.3. The number of H-pyrrole nitrogens is 1. The number of aryl methyl sites for hydroxylation is 1. The van der Waals surface area contributed by atoms with Crippen molar-refractivity contribution in [1.29, 1.82) is 0 Å². The standard InChI is InChI=1S/C20H26N4O3/c1-20(2,3)27-19(26)24-12-11-16-15(13-24)18(23-22-16)21-17(25)10-9-14-7-5-4-6-8-14/h4-8H,9-13H2,1-3H3,(H2,21,22,23,25). The lowest BCUT2D eigenvalue weighted by atomic mass is 10.1. The number of benzene rings is 1. The fourth-order valence-corrected chi connectivity index (χ4v) is 2.98. The van der Waals surface area contributed by atoms with Crippen molar-refractivity contribution in [2.75, 3.05) is 11.9 Å². The van der Waals surface area contributed by atoms with Gasteiger partial charge in [-0.05, 0) is 32.8 Å². The number of anilines is 1. The average Bonchev–Trinajstić information content (AvgIpc) is 3.01. The number of aromatic nitrogens is 2. The normalized spacial score (nSPS) is 13.8. The molecule has 27 heavy (non-hydrogen) atoms. The van der Waals surface area contributed by atoms with E-state index in [-0.39, 0.29) is 12.0 Å². The Morgan fingerprint density at radius 3 is 2.70 bits per heavy atom. The van der Waals surface area contributed by atoms with Crippen LogP contribution in [0.5, 0.6) is 0 Å². The van der Waals surface area contributed by atoms with Crippen LogP contribution in [0.4, 0.5) is 10.6 Å². The van der Waals surface area contributed by atoms with Crippen molar-refractivity contribution in [3.8, 4) is 0 Å². The van der Waals surface area contributed by atoms with Crippen LogP contribution in [0.25, 0.3) is 0 Å². The summed E-state index contributed by atoms with van der Waals surface area (Å²) in [5.74, 6) is 0.402. The summed E-state index contributed by atoms with van der Waals surface area (Å²) in [6, 6.07) is 9.88. The van der Waals surface area contributed by atoms with Crippen molar-refractivity contribution in [1.82, 2.24) is 15.1 Å². The number of ether oxygens (including phenoxy) is 1. The second-order valence-corrected chi connectivity index (χ2v) is 7.71. The average molecular weight is 370 g/mol. The Balaban J connectivity index is 1.60. The van der Waals surface area contributed by atoms with Crippen LogP contribution >= 0.6 is 0 Å². The number of nitrogens with one attached hydrogen (secondary N) is 2. The van der Waals surface area contributed by atoms with Gasteiger partial charge in [-0.15, -0.1) is 0 Å². The van der Waals surface area contributed by atoms with Crippen molar-refractivity contribution in [2.45, 2.75) is 52.2 Å². The van der Waals surface area contributed by atoms with Gasteiger partial charge < -0.3 is 15.0 Å². The van der Waals surface area contributed by atoms with Gasteiger partial charge in [-0.2, -0.15) is 5.10 Å². The van der Waals surface area contributed by atoms with E-state index in [1.54, 1.807) is 4.90 Å². The first-order valence-electron chi connectivity index (χ1n) is 9.19. The first-order valence-corrected chi connectivity index (χ1v) is 9.19. The topological polar surface area (TPSA) is 87.3 Å². The molecule has 0 fully saturated rings. The van der Waals surface area contributed by atoms with E-state index in [1.165, 1.54) is 0 Å². The first kappa shape index (κ1) is 18.9. The van der Waals surface area contributed by atoms with E-state index in [1.807, 2.05) is 51.1 Å². The molecule has 3 rings (SSSR count). The Kier molecular flexibility index (Phi) is 5.48. The summed E-state index contributed by atoms with van der Waals surface area (Å²) >= 11 is 0. The third kappa shape index (κ3) is 5.09. The molecule has 1 aromatic heterocycles. The maximum Gasteiger partial charge on any atom is 0.410 e. The zero-order chi connectivity index (χ0) is 19.4. The van der Waals surface area contributed by atoms with Crippen molar-refractivity contribution >= 4 is 17.8 Å². The number of carbonyl (C=O) groups is 2. The maximum absolute atomic E-state index is 12.3. The summed E-state index contributed by atoms with van der Waals surface area (Å²) < 4.78 is 5.45. The molecule has 0 aliphatic carbocycles. The van der Waals surface area contributed by atoms with Crippen LogP contribution in [-0.2, 0) is 28.9 Å². The van der Waals surface area contributed by atoms with Crippen LogP contribution in [0.1, 0.15) is 44.0 Å². The highest BCUT2D eigenvalue weighted by molar-refractivity contribution is 5.90. The van der Waals surface area contributed by atoms with Gasteiger partial charge >= 0.3 is 6.09 Å². The summed E-state index contributed by atoms with van der Waals surface area (Å²) in [5.41, 5.74) is 2.38. The Morgan fingerprint density at radius 1 is 1.26 bits per heavy atom. The minimum Gasteiger partial charge on any atom is -0.444 e. The largest absolute Gasteiger partial charge is 0.444 e. The van der Waals surface area contributed by atoms with Gasteiger partial charge in [0.25, 0.3) is 0 Å². The molecular formula is C20H26N4O3. The van der Waals surface area contributed by atoms with E-state index in [4.69, 9.17) is 4.74 Å². The first-order chi connectivity index (χ1) is 12.8. The third-order valence-electron chi connectivity index (χ3n) is 4.33. The van der Waals surface area contributed by atoms with Crippen LogP contribution in [0.2, 0.25) is 0 Å². The summed E-state index contributed by atoms with van der Waals surface area (Å²) in [7, 11) is 0. The molecule has 0 bridgehead atoms. The molecule has 1 aromatic carbocycles. The van der Waals surface area contributed by atoms with Gasteiger partial charge in [0.15, 0.2) is 5.82 Å². The van der Waals surface area contributed by atoms with Gasteiger partial charge in [0.05, 0.1) is 6.54 Å². The van der Waals surface area contributed by atoms with Crippen molar-refractivity contribution in [2.24, 2.45) is 0 Å². The minimum atomic E-state index is -0.539. The van der Waals surface area contributed by atoms with Crippen LogP contribution in [0.15, 0.2) is 30.3 Å². The molecule has 7 nitrogen and oxygen atoms in total. The minimum absolute atomic E-state index is 0.0949. The molecule has 2 N–H and O–H groups in total. The summed E-state index contributed by atoms with van der Waals surface area (Å²) in [6.07, 6.45) is 1.35. The molecule has 144 valence electrons. The number of amides is 2.